The highest BCUT2D eigenvalue weighted by Gasteiger charge is 1.86. The number of rotatable bonds is 4. The minimum atomic E-state index is 0. The van der Waals surface area contributed by atoms with Crippen molar-refractivity contribution < 1.29 is 7.65 Å². The smallest absolute Gasteiger partial charge is 0.216 e. The zero-order valence-electron chi connectivity index (χ0n) is 8.03. The Morgan fingerprint density at radius 1 is 1.36 bits per heavy atom. The molecule has 3 heteroatoms. The van der Waals surface area contributed by atoms with Crippen molar-refractivity contribution in [3.05, 3.63) is 0 Å². The number of likely N-dealkylation sites (N-methyl/N-ethyl adjacent to an activating group) is 1. The standard InChI is InChI=1S/C6H14N2O.C2H6.2H2/c1-3-7-4-5-8-6(2)9;1-2;;/h7H,3-5H2,1-2H3,(H,8,9);1-2H3;2*1H. The predicted octanol–water partition coefficient (Wildman–Crippen LogP) is 1.25. The van der Waals surface area contributed by atoms with E-state index in [-0.39, 0.29) is 8.76 Å². The fraction of sp³-hybridized carbons (Fsp3) is 0.875. The second-order valence-corrected chi connectivity index (χ2v) is 1.84. The first-order valence-corrected chi connectivity index (χ1v) is 4.22. The molecule has 0 atom stereocenters. The van der Waals surface area contributed by atoms with Crippen LogP contribution < -0.4 is 10.6 Å². The molecule has 0 heterocycles. The van der Waals surface area contributed by atoms with Crippen molar-refractivity contribution in [2.24, 2.45) is 0 Å². The lowest BCUT2D eigenvalue weighted by molar-refractivity contribution is -0.118. The summed E-state index contributed by atoms with van der Waals surface area (Å²) in [6, 6.07) is 0. The molecular formula is C8H24N2O. The highest BCUT2D eigenvalue weighted by atomic mass is 16.1. The van der Waals surface area contributed by atoms with Gasteiger partial charge in [0.1, 0.15) is 0 Å². The maximum Gasteiger partial charge on any atom is 0.216 e. The molecule has 0 spiro atoms. The fourth-order valence-electron chi connectivity index (χ4n) is 0.504. The molecule has 0 aliphatic rings. The molecule has 0 saturated carbocycles. The zero-order chi connectivity index (χ0) is 9.11. The SMILES string of the molecule is CC.CCNCCNC(C)=O.[HH].[HH]. The molecule has 2 N–H and O–H groups in total. The third kappa shape index (κ3) is 17.7. The molecule has 3 nitrogen and oxygen atoms in total. The van der Waals surface area contributed by atoms with Gasteiger partial charge in [0.2, 0.25) is 5.91 Å². The van der Waals surface area contributed by atoms with Crippen LogP contribution in [0, 0.1) is 0 Å². The van der Waals surface area contributed by atoms with Gasteiger partial charge in [-0.1, -0.05) is 20.8 Å². The Bertz CT molecular complexity index is 92.2. The van der Waals surface area contributed by atoms with Gasteiger partial charge in [0.25, 0.3) is 0 Å². The Balaban J connectivity index is -0.0000000941. The van der Waals surface area contributed by atoms with E-state index in [0.29, 0.717) is 0 Å². The molecule has 0 rings (SSSR count). The third-order valence-corrected chi connectivity index (χ3v) is 0.926. The van der Waals surface area contributed by atoms with Crippen LogP contribution in [-0.2, 0) is 4.79 Å². The normalized spacial score (nSPS) is 8.00. The number of hydrogen-bond acceptors (Lipinski definition) is 2. The topological polar surface area (TPSA) is 41.1 Å². The van der Waals surface area contributed by atoms with Gasteiger partial charge in [0, 0.05) is 22.9 Å². The first-order valence-electron chi connectivity index (χ1n) is 4.22. The number of carbonyl (C=O) groups excluding carboxylic acids is 1. The predicted molar refractivity (Wildman–Crippen MR) is 52.8 cm³/mol. The van der Waals surface area contributed by atoms with E-state index in [4.69, 9.17) is 0 Å². The lowest BCUT2D eigenvalue weighted by atomic mass is 10.5. The second-order valence-electron chi connectivity index (χ2n) is 1.84. The van der Waals surface area contributed by atoms with Crippen LogP contribution in [0.25, 0.3) is 0 Å². The minimum absolute atomic E-state index is 0. The van der Waals surface area contributed by atoms with Gasteiger partial charge < -0.3 is 10.6 Å². The van der Waals surface area contributed by atoms with Crippen molar-refractivity contribution in [2.45, 2.75) is 27.7 Å². The summed E-state index contributed by atoms with van der Waals surface area (Å²) in [5.41, 5.74) is 0. The van der Waals surface area contributed by atoms with E-state index < -0.39 is 0 Å². The van der Waals surface area contributed by atoms with Gasteiger partial charge in [-0.3, -0.25) is 4.79 Å². The molecule has 0 aromatic rings. The lowest BCUT2D eigenvalue weighted by Gasteiger charge is -2.00. The van der Waals surface area contributed by atoms with Crippen molar-refractivity contribution in [2.75, 3.05) is 19.6 Å². The molecule has 0 fully saturated rings. The van der Waals surface area contributed by atoms with Crippen molar-refractivity contribution >= 4 is 5.91 Å². The van der Waals surface area contributed by atoms with E-state index in [9.17, 15) is 4.79 Å². The van der Waals surface area contributed by atoms with Gasteiger partial charge in [-0.2, -0.15) is 0 Å². The summed E-state index contributed by atoms with van der Waals surface area (Å²) in [6.07, 6.45) is 0. The van der Waals surface area contributed by atoms with E-state index >= 15 is 0 Å². The van der Waals surface area contributed by atoms with Gasteiger partial charge >= 0.3 is 0 Å². The first kappa shape index (κ1) is 13.1. The average molecular weight is 164 g/mol. The summed E-state index contributed by atoms with van der Waals surface area (Å²) in [4.78, 5) is 10.3. The van der Waals surface area contributed by atoms with Crippen LogP contribution in [0.5, 0.6) is 0 Å². The largest absolute Gasteiger partial charge is 0.355 e. The molecular weight excluding hydrogens is 140 g/mol. The molecule has 0 radical (unpaired) electrons. The number of hydrogen-bond donors (Lipinski definition) is 2. The summed E-state index contributed by atoms with van der Waals surface area (Å²) in [5.74, 6) is 0.0351. The molecule has 11 heavy (non-hydrogen) atoms. The van der Waals surface area contributed by atoms with Crippen LogP contribution in [0.2, 0.25) is 0 Å². The van der Waals surface area contributed by atoms with E-state index in [1.807, 2.05) is 20.8 Å². The molecule has 0 aliphatic heterocycles. The summed E-state index contributed by atoms with van der Waals surface area (Å²) in [5, 5.41) is 5.77. The van der Waals surface area contributed by atoms with Gasteiger partial charge in [0.05, 0.1) is 0 Å². The van der Waals surface area contributed by atoms with Gasteiger partial charge in [-0.05, 0) is 6.54 Å². The van der Waals surface area contributed by atoms with Crippen molar-refractivity contribution in [1.82, 2.24) is 10.6 Å². The molecule has 1 amide bonds. The maximum absolute atomic E-state index is 10.3. The second kappa shape index (κ2) is 12.1. The molecule has 0 aromatic heterocycles. The Labute approximate surface area is 72.5 Å². The van der Waals surface area contributed by atoms with Crippen LogP contribution in [0.3, 0.4) is 0 Å². The molecule has 72 valence electrons. The maximum atomic E-state index is 10.3. The van der Waals surface area contributed by atoms with E-state index in [1.165, 1.54) is 6.92 Å². The molecule has 0 aromatic carbocycles. The minimum Gasteiger partial charge on any atom is -0.355 e. The molecule has 0 unspecified atom stereocenters. The summed E-state index contributed by atoms with van der Waals surface area (Å²) >= 11 is 0. The van der Waals surface area contributed by atoms with Crippen molar-refractivity contribution in [3.8, 4) is 0 Å². The number of carbonyl (C=O) groups is 1. The van der Waals surface area contributed by atoms with Crippen LogP contribution in [0.1, 0.15) is 30.5 Å². The summed E-state index contributed by atoms with van der Waals surface area (Å²) < 4.78 is 0. The van der Waals surface area contributed by atoms with Crippen LogP contribution >= 0.6 is 0 Å². The van der Waals surface area contributed by atoms with Crippen LogP contribution in [0.15, 0.2) is 0 Å². The van der Waals surface area contributed by atoms with Crippen molar-refractivity contribution in [3.63, 3.8) is 0 Å². The molecule has 0 bridgehead atoms. The molecule has 0 saturated heterocycles. The van der Waals surface area contributed by atoms with E-state index in [2.05, 4.69) is 10.6 Å². The lowest BCUT2D eigenvalue weighted by Crippen LogP contribution is -2.29. The number of amides is 1. The molecule has 0 aliphatic carbocycles. The van der Waals surface area contributed by atoms with Crippen molar-refractivity contribution in [1.29, 1.82) is 0 Å². The van der Waals surface area contributed by atoms with E-state index in [0.717, 1.165) is 19.6 Å². The summed E-state index contributed by atoms with van der Waals surface area (Å²) in [7, 11) is 0. The highest BCUT2D eigenvalue weighted by Crippen LogP contribution is 1.59. The average Bonchev–Trinajstić information content (AvgIpc) is 2.02. The number of nitrogens with one attached hydrogen (secondary N) is 2. The van der Waals surface area contributed by atoms with Gasteiger partial charge in [-0.15, -0.1) is 0 Å². The third-order valence-electron chi connectivity index (χ3n) is 0.926. The van der Waals surface area contributed by atoms with Crippen LogP contribution in [0.4, 0.5) is 0 Å². The summed E-state index contributed by atoms with van der Waals surface area (Å²) in [6.45, 7) is 10.1. The Morgan fingerprint density at radius 2 is 1.91 bits per heavy atom. The van der Waals surface area contributed by atoms with E-state index in [1.54, 1.807) is 0 Å². The Morgan fingerprint density at radius 3 is 2.27 bits per heavy atom. The highest BCUT2D eigenvalue weighted by molar-refractivity contribution is 5.72. The zero-order valence-corrected chi connectivity index (χ0v) is 8.03. The van der Waals surface area contributed by atoms with Gasteiger partial charge in [-0.25, -0.2) is 0 Å². The van der Waals surface area contributed by atoms with Gasteiger partial charge in [0.15, 0.2) is 0 Å². The first-order chi connectivity index (χ1) is 5.27. The quantitative estimate of drug-likeness (QED) is 0.614. The Kier molecular flexibility index (Phi) is 14.4. The monoisotopic (exact) mass is 164 g/mol. The Hall–Kier alpha value is -0.570. The van der Waals surface area contributed by atoms with Crippen LogP contribution in [-0.4, -0.2) is 25.5 Å². The fourth-order valence-corrected chi connectivity index (χ4v) is 0.504.